The van der Waals surface area contributed by atoms with Crippen LogP contribution in [-0.4, -0.2) is 24.7 Å². The number of hydrogen-bond acceptors (Lipinski definition) is 2. The molecule has 1 saturated carbocycles. The minimum atomic E-state index is -0.247. The summed E-state index contributed by atoms with van der Waals surface area (Å²) in [6, 6.07) is 0. The predicted molar refractivity (Wildman–Crippen MR) is 46.7 cm³/mol. The Morgan fingerprint density at radius 3 is 2.50 bits per heavy atom. The van der Waals surface area contributed by atoms with E-state index < -0.39 is 0 Å². The van der Waals surface area contributed by atoms with E-state index in [1.54, 1.807) is 7.05 Å². The molecule has 0 heterocycles. The molecule has 0 aliphatic heterocycles. The Kier molecular flexibility index (Phi) is 3.09. The fourth-order valence-electron chi connectivity index (χ4n) is 2.12. The summed E-state index contributed by atoms with van der Waals surface area (Å²) < 4.78 is 0. The van der Waals surface area contributed by atoms with Crippen molar-refractivity contribution in [1.29, 1.82) is 0 Å². The molecule has 0 saturated heterocycles. The van der Waals surface area contributed by atoms with Crippen LogP contribution in [0.1, 0.15) is 32.1 Å². The normalized spacial score (nSPS) is 20.8. The Hall–Kier alpha value is -0.570. The first-order valence-corrected chi connectivity index (χ1v) is 4.58. The van der Waals surface area contributed by atoms with E-state index in [1.165, 1.54) is 0 Å². The van der Waals surface area contributed by atoms with E-state index in [-0.39, 0.29) is 17.9 Å². The van der Waals surface area contributed by atoms with Crippen LogP contribution in [0.15, 0.2) is 0 Å². The minimum Gasteiger partial charge on any atom is -0.396 e. The van der Waals surface area contributed by atoms with Crippen LogP contribution in [0.4, 0.5) is 0 Å². The average Bonchev–Trinajstić information content (AvgIpc) is 2.53. The molecule has 0 unspecified atom stereocenters. The van der Waals surface area contributed by atoms with Crippen molar-refractivity contribution in [1.82, 2.24) is 5.32 Å². The molecule has 1 fully saturated rings. The first-order valence-electron chi connectivity index (χ1n) is 4.58. The van der Waals surface area contributed by atoms with Gasteiger partial charge in [-0.1, -0.05) is 12.8 Å². The highest BCUT2D eigenvalue weighted by Gasteiger charge is 2.39. The third-order valence-corrected chi connectivity index (χ3v) is 2.86. The molecule has 3 heteroatoms. The zero-order valence-electron chi connectivity index (χ0n) is 7.60. The van der Waals surface area contributed by atoms with E-state index in [4.69, 9.17) is 5.11 Å². The van der Waals surface area contributed by atoms with Gasteiger partial charge in [-0.3, -0.25) is 4.79 Å². The highest BCUT2D eigenvalue weighted by molar-refractivity contribution is 5.82. The van der Waals surface area contributed by atoms with Gasteiger partial charge >= 0.3 is 0 Å². The molecule has 2 N–H and O–H groups in total. The van der Waals surface area contributed by atoms with Crippen molar-refractivity contribution in [2.45, 2.75) is 32.1 Å². The summed E-state index contributed by atoms with van der Waals surface area (Å²) in [6.45, 7) is 0.118. The molecular weight excluding hydrogens is 154 g/mol. The van der Waals surface area contributed by atoms with Gasteiger partial charge in [0.15, 0.2) is 0 Å². The van der Waals surface area contributed by atoms with Crippen LogP contribution in [0.5, 0.6) is 0 Å². The van der Waals surface area contributed by atoms with E-state index in [0.29, 0.717) is 6.42 Å². The Balaban J connectivity index is 2.64. The summed E-state index contributed by atoms with van der Waals surface area (Å²) in [5.41, 5.74) is -0.247. The molecule has 0 aromatic carbocycles. The van der Waals surface area contributed by atoms with Crippen LogP contribution in [0.25, 0.3) is 0 Å². The summed E-state index contributed by atoms with van der Waals surface area (Å²) >= 11 is 0. The molecule has 70 valence electrons. The number of aliphatic hydroxyl groups excluding tert-OH is 1. The van der Waals surface area contributed by atoms with Crippen molar-refractivity contribution in [2.75, 3.05) is 13.7 Å². The Morgan fingerprint density at radius 2 is 2.08 bits per heavy atom. The quantitative estimate of drug-likeness (QED) is 0.656. The maximum atomic E-state index is 11.5. The lowest BCUT2D eigenvalue weighted by molar-refractivity contribution is -0.131. The molecule has 1 rings (SSSR count). The van der Waals surface area contributed by atoms with E-state index in [0.717, 1.165) is 25.7 Å². The first-order chi connectivity index (χ1) is 5.75. The molecule has 3 nitrogen and oxygen atoms in total. The minimum absolute atomic E-state index is 0.106. The number of aliphatic hydroxyl groups is 1. The Labute approximate surface area is 73.2 Å². The zero-order chi connectivity index (χ0) is 9.03. The fraction of sp³-hybridized carbons (Fsp3) is 0.889. The van der Waals surface area contributed by atoms with Gasteiger partial charge in [0.25, 0.3) is 0 Å². The number of rotatable bonds is 3. The van der Waals surface area contributed by atoms with Gasteiger partial charge in [-0.15, -0.1) is 0 Å². The predicted octanol–water partition coefficient (Wildman–Crippen LogP) is 0.675. The summed E-state index contributed by atoms with van der Waals surface area (Å²) in [5.74, 6) is 0.106. The Bertz CT molecular complexity index is 162. The monoisotopic (exact) mass is 171 g/mol. The number of carbonyl (C=O) groups excluding carboxylic acids is 1. The van der Waals surface area contributed by atoms with Crippen LogP contribution < -0.4 is 5.32 Å². The van der Waals surface area contributed by atoms with E-state index >= 15 is 0 Å². The maximum Gasteiger partial charge on any atom is 0.226 e. The first kappa shape index (κ1) is 9.52. The second-order valence-corrected chi connectivity index (χ2v) is 3.54. The standard InChI is InChI=1S/C9H17NO2/c1-10-8(12)9(6-7-11)4-2-3-5-9/h11H,2-7H2,1H3,(H,10,12). The van der Waals surface area contributed by atoms with Gasteiger partial charge in [-0.25, -0.2) is 0 Å². The zero-order valence-corrected chi connectivity index (χ0v) is 7.60. The fourth-order valence-corrected chi connectivity index (χ4v) is 2.12. The number of nitrogens with one attached hydrogen (secondary N) is 1. The molecule has 0 aromatic rings. The van der Waals surface area contributed by atoms with Crippen LogP contribution in [0.2, 0.25) is 0 Å². The molecule has 0 spiro atoms. The van der Waals surface area contributed by atoms with Crippen LogP contribution >= 0.6 is 0 Å². The smallest absolute Gasteiger partial charge is 0.226 e. The van der Waals surface area contributed by atoms with Gasteiger partial charge in [0, 0.05) is 13.7 Å². The highest BCUT2D eigenvalue weighted by atomic mass is 16.3. The summed E-state index contributed by atoms with van der Waals surface area (Å²) in [7, 11) is 1.67. The molecular formula is C9H17NO2. The molecule has 1 aliphatic rings. The van der Waals surface area contributed by atoms with Crippen LogP contribution in [-0.2, 0) is 4.79 Å². The SMILES string of the molecule is CNC(=O)C1(CCO)CCCC1. The van der Waals surface area contributed by atoms with Crippen molar-refractivity contribution in [2.24, 2.45) is 5.41 Å². The van der Waals surface area contributed by atoms with Crippen molar-refractivity contribution >= 4 is 5.91 Å². The van der Waals surface area contributed by atoms with Gasteiger partial charge in [0.05, 0.1) is 5.41 Å². The molecule has 1 aliphatic carbocycles. The van der Waals surface area contributed by atoms with Gasteiger partial charge in [0.1, 0.15) is 0 Å². The van der Waals surface area contributed by atoms with Gasteiger partial charge in [0.2, 0.25) is 5.91 Å². The van der Waals surface area contributed by atoms with Gasteiger partial charge in [-0.2, -0.15) is 0 Å². The number of carbonyl (C=O) groups is 1. The van der Waals surface area contributed by atoms with Gasteiger partial charge in [-0.05, 0) is 19.3 Å². The lowest BCUT2D eigenvalue weighted by Crippen LogP contribution is -2.37. The molecule has 0 aromatic heterocycles. The average molecular weight is 171 g/mol. The molecule has 0 radical (unpaired) electrons. The molecule has 0 atom stereocenters. The lowest BCUT2D eigenvalue weighted by atomic mass is 9.82. The largest absolute Gasteiger partial charge is 0.396 e. The summed E-state index contributed by atoms with van der Waals surface area (Å²) in [5, 5.41) is 11.5. The molecule has 0 bridgehead atoms. The summed E-state index contributed by atoms with van der Waals surface area (Å²) in [6.07, 6.45) is 4.73. The van der Waals surface area contributed by atoms with E-state index in [2.05, 4.69) is 5.32 Å². The highest BCUT2D eigenvalue weighted by Crippen LogP contribution is 2.40. The number of amides is 1. The summed E-state index contributed by atoms with van der Waals surface area (Å²) in [4.78, 5) is 11.5. The Morgan fingerprint density at radius 1 is 1.50 bits per heavy atom. The van der Waals surface area contributed by atoms with Crippen molar-refractivity contribution < 1.29 is 9.90 Å². The number of hydrogen-bond donors (Lipinski definition) is 2. The molecule has 12 heavy (non-hydrogen) atoms. The second kappa shape index (κ2) is 3.90. The van der Waals surface area contributed by atoms with E-state index in [1.807, 2.05) is 0 Å². The maximum absolute atomic E-state index is 11.5. The third kappa shape index (κ3) is 1.61. The third-order valence-electron chi connectivity index (χ3n) is 2.86. The van der Waals surface area contributed by atoms with Gasteiger partial charge < -0.3 is 10.4 Å². The van der Waals surface area contributed by atoms with Crippen molar-refractivity contribution in [3.63, 3.8) is 0 Å². The van der Waals surface area contributed by atoms with E-state index in [9.17, 15) is 4.79 Å². The van der Waals surface area contributed by atoms with Crippen LogP contribution in [0, 0.1) is 5.41 Å². The van der Waals surface area contributed by atoms with Crippen LogP contribution in [0.3, 0.4) is 0 Å². The van der Waals surface area contributed by atoms with Crippen molar-refractivity contribution in [3.8, 4) is 0 Å². The molecule has 1 amide bonds. The topological polar surface area (TPSA) is 49.3 Å². The lowest BCUT2D eigenvalue weighted by Gasteiger charge is -2.25. The second-order valence-electron chi connectivity index (χ2n) is 3.54. The van der Waals surface area contributed by atoms with Crippen molar-refractivity contribution in [3.05, 3.63) is 0 Å².